The number of thiophene rings is 1. The highest BCUT2D eigenvalue weighted by Gasteiger charge is 2.21. The maximum Gasteiger partial charge on any atom is 0.191 e. The van der Waals surface area contributed by atoms with Crippen molar-refractivity contribution in [1.29, 1.82) is 0 Å². The molecule has 138 valence electrons. The zero-order valence-corrected chi connectivity index (χ0v) is 18.5. The van der Waals surface area contributed by atoms with Crippen LogP contribution in [0.1, 0.15) is 10.9 Å². The van der Waals surface area contributed by atoms with E-state index < -0.39 is 0 Å². The van der Waals surface area contributed by atoms with Gasteiger partial charge in [-0.1, -0.05) is 6.07 Å². The van der Waals surface area contributed by atoms with Crippen LogP contribution in [0.15, 0.2) is 34.1 Å². The van der Waals surface area contributed by atoms with Gasteiger partial charge in [-0.15, -0.1) is 46.7 Å². The highest BCUT2D eigenvalue weighted by molar-refractivity contribution is 14.0. The lowest BCUT2D eigenvalue weighted by Gasteiger charge is -2.35. The third kappa shape index (κ3) is 5.28. The number of halogens is 1. The van der Waals surface area contributed by atoms with E-state index in [1.807, 2.05) is 11.6 Å². The van der Waals surface area contributed by atoms with Crippen LogP contribution in [-0.2, 0) is 0 Å². The minimum absolute atomic E-state index is 0. The fraction of sp³-hybridized carbons (Fsp3) is 0.500. The minimum Gasteiger partial charge on any atom is -0.370 e. The van der Waals surface area contributed by atoms with Crippen molar-refractivity contribution in [1.82, 2.24) is 14.8 Å². The summed E-state index contributed by atoms with van der Waals surface area (Å²) in [7, 11) is 4.17. The number of hydrogen-bond donors (Lipinski definition) is 1. The fourth-order valence-electron chi connectivity index (χ4n) is 2.77. The Hall–Kier alpha value is -0.910. The lowest BCUT2D eigenvalue weighted by Crippen LogP contribution is -2.51. The van der Waals surface area contributed by atoms with Gasteiger partial charge < -0.3 is 20.4 Å². The first-order chi connectivity index (χ1) is 11.6. The Labute approximate surface area is 174 Å². The highest BCUT2D eigenvalue weighted by Crippen LogP contribution is 2.23. The molecule has 1 aliphatic heterocycles. The molecule has 1 saturated heterocycles. The largest absolute Gasteiger partial charge is 0.370 e. The van der Waals surface area contributed by atoms with E-state index in [2.05, 4.69) is 56.3 Å². The van der Waals surface area contributed by atoms with Gasteiger partial charge in [-0.05, 0) is 25.5 Å². The lowest BCUT2D eigenvalue weighted by atomic mass is 10.2. The average molecular weight is 492 g/mol. The predicted molar refractivity (Wildman–Crippen MR) is 119 cm³/mol. The first-order valence-electron chi connectivity index (χ1n) is 8.04. The van der Waals surface area contributed by atoms with Gasteiger partial charge in [-0.3, -0.25) is 4.99 Å². The van der Waals surface area contributed by atoms with Crippen LogP contribution in [0.3, 0.4) is 0 Å². The first kappa shape index (κ1) is 20.4. The summed E-state index contributed by atoms with van der Waals surface area (Å²) in [5.74, 6) is 0.650. The first-order valence-corrected chi connectivity index (χ1v) is 9.80. The summed E-state index contributed by atoms with van der Waals surface area (Å²) in [5, 5.41) is 5.22. The molecule has 6 nitrogen and oxygen atoms in total. The molecule has 0 aromatic carbocycles. The zero-order chi connectivity index (χ0) is 16.9. The van der Waals surface area contributed by atoms with Crippen molar-refractivity contribution < 1.29 is 0 Å². The molecule has 0 bridgehead atoms. The van der Waals surface area contributed by atoms with Crippen LogP contribution in [0.5, 0.6) is 0 Å². The molecule has 9 heteroatoms. The van der Waals surface area contributed by atoms with Gasteiger partial charge in [-0.25, -0.2) is 4.98 Å². The van der Waals surface area contributed by atoms with E-state index in [1.54, 1.807) is 22.7 Å². The molecule has 1 unspecified atom stereocenters. The van der Waals surface area contributed by atoms with Gasteiger partial charge in [0.1, 0.15) is 0 Å². The maximum absolute atomic E-state index is 6.24. The number of thiazole rings is 1. The third-order valence-corrected chi connectivity index (χ3v) is 6.02. The number of likely N-dealkylation sites (N-methyl/N-ethyl adjacent to an activating group) is 1. The highest BCUT2D eigenvalue weighted by atomic mass is 127. The normalized spacial score (nSPS) is 16.8. The zero-order valence-electron chi connectivity index (χ0n) is 14.5. The quantitative estimate of drug-likeness (QED) is 0.395. The number of piperazine rings is 1. The topological polar surface area (TPSA) is 61.0 Å². The molecule has 0 amide bonds. The number of rotatable bonds is 5. The van der Waals surface area contributed by atoms with E-state index in [4.69, 9.17) is 5.73 Å². The van der Waals surface area contributed by atoms with Crippen LogP contribution >= 0.6 is 46.7 Å². The summed E-state index contributed by atoms with van der Waals surface area (Å²) >= 11 is 3.45. The van der Waals surface area contributed by atoms with Gasteiger partial charge in [0.05, 0.1) is 12.6 Å². The van der Waals surface area contributed by atoms with E-state index in [9.17, 15) is 0 Å². The summed E-state index contributed by atoms with van der Waals surface area (Å²) in [6, 6.07) is 4.52. The predicted octanol–water partition coefficient (Wildman–Crippen LogP) is 2.56. The Morgan fingerprint density at radius 3 is 2.60 bits per heavy atom. The number of aliphatic imine (C=N–C) groups is 1. The molecule has 3 rings (SSSR count). The van der Waals surface area contributed by atoms with Crippen molar-refractivity contribution in [3.63, 3.8) is 0 Å². The maximum atomic E-state index is 6.24. The van der Waals surface area contributed by atoms with Crippen molar-refractivity contribution >= 4 is 57.7 Å². The molecule has 2 N–H and O–H groups in total. The second kappa shape index (κ2) is 9.70. The van der Waals surface area contributed by atoms with Crippen molar-refractivity contribution in [2.24, 2.45) is 10.7 Å². The third-order valence-electron chi connectivity index (χ3n) is 4.21. The summed E-state index contributed by atoms with van der Waals surface area (Å²) < 4.78 is 0. The molecule has 0 radical (unpaired) electrons. The fourth-order valence-corrected chi connectivity index (χ4v) is 4.38. The van der Waals surface area contributed by atoms with Crippen molar-refractivity contribution in [2.45, 2.75) is 6.04 Å². The van der Waals surface area contributed by atoms with Gasteiger partial charge in [0.25, 0.3) is 0 Å². The molecule has 1 aliphatic rings. The van der Waals surface area contributed by atoms with Crippen molar-refractivity contribution in [3.8, 4) is 0 Å². The SMILES string of the molecule is CN(C)C(CN=C(N)N1CCN(c2nccs2)CC1)c1cccs1.I. The van der Waals surface area contributed by atoms with Crippen LogP contribution < -0.4 is 10.6 Å². The van der Waals surface area contributed by atoms with Crippen LogP contribution in [0.25, 0.3) is 0 Å². The summed E-state index contributed by atoms with van der Waals surface area (Å²) in [5.41, 5.74) is 6.24. The van der Waals surface area contributed by atoms with E-state index in [0.29, 0.717) is 12.5 Å². The van der Waals surface area contributed by atoms with E-state index >= 15 is 0 Å². The molecule has 0 spiro atoms. The summed E-state index contributed by atoms with van der Waals surface area (Å²) in [4.78, 5) is 17.0. The number of anilines is 1. The summed E-state index contributed by atoms with van der Waals surface area (Å²) in [6.45, 7) is 4.34. The Bertz CT molecular complexity index is 636. The minimum atomic E-state index is 0. The van der Waals surface area contributed by atoms with E-state index in [-0.39, 0.29) is 30.0 Å². The van der Waals surface area contributed by atoms with Gasteiger partial charge >= 0.3 is 0 Å². The Kier molecular flexibility index (Phi) is 7.91. The number of nitrogens with zero attached hydrogens (tertiary/aromatic N) is 5. The second-order valence-electron chi connectivity index (χ2n) is 5.98. The van der Waals surface area contributed by atoms with E-state index in [0.717, 1.165) is 31.3 Å². The van der Waals surface area contributed by atoms with Gasteiger partial charge in [-0.2, -0.15) is 0 Å². The van der Waals surface area contributed by atoms with Gasteiger partial charge in [0.2, 0.25) is 0 Å². The van der Waals surface area contributed by atoms with Gasteiger partial charge in [0.15, 0.2) is 11.1 Å². The molecular weight excluding hydrogens is 467 g/mol. The van der Waals surface area contributed by atoms with Crippen molar-refractivity contribution in [3.05, 3.63) is 34.0 Å². The monoisotopic (exact) mass is 492 g/mol. The van der Waals surface area contributed by atoms with Gasteiger partial charge in [0, 0.05) is 42.6 Å². The molecule has 25 heavy (non-hydrogen) atoms. The number of hydrogen-bond acceptors (Lipinski definition) is 6. The average Bonchev–Trinajstić information content (AvgIpc) is 3.28. The molecule has 2 aromatic rings. The molecular formula is C16H25IN6S2. The molecule has 1 fully saturated rings. The Morgan fingerprint density at radius 2 is 2.04 bits per heavy atom. The molecule has 0 saturated carbocycles. The van der Waals surface area contributed by atoms with Crippen LogP contribution in [0.2, 0.25) is 0 Å². The lowest BCUT2D eigenvalue weighted by molar-refractivity contribution is 0.308. The number of nitrogens with two attached hydrogens (primary N) is 1. The molecule has 0 aliphatic carbocycles. The Morgan fingerprint density at radius 1 is 1.28 bits per heavy atom. The molecule has 3 heterocycles. The van der Waals surface area contributed by atoms with Crippen LogP contribution in [0.4, 0.5) is 5.13 Å². The number of guanidine groups is 1. The second-order valence-corrected chi connectivity index (χ2v) is 7.83. The van der Waals surface area contributed by atoms with Crippen LogP contribution in [-0.4, -0.2) is 67.6 Å². The van der Waals surface area contributed by atoms with Crippen molar-refractivity contribution in [2.75, 3.05) is 51.7 Å². The smallest absolute Gasteiger partial charge is 0.191 e. The standard InChI is InChI=1S/C16H24N6S2.HI/c1-20(2)13(14-4-3-10-23-14)12-19-15(17)21-6-8-22(9-7-21)16-18-5-11-24-16;/h3-5,10-11,13H,6-9,12H2,1-2H3,(H2,17,19);1H. The van der Waals surface area contributed by atoms with E-state index in [1.165, 1.54) is 4.88 Å². The van der Waals surface area contributed by atoms with Crippen LogP contribution in [0, 0.1) is 0 Å². The molecule has 1 atom stereocenters. The number of aromatic nitrogens is 1. The Balaban J connectivity index is 0.00000225. The summed E-state index contributed by atoms with van der Waals surface area (Å²) in [6.07, 6.45) is 1.86. The molecule has 2 aromatic heterocycles.